The zero-order chi connectivity index (χ0) is 22.0. The normalized spacial score (nSPS) is 16.1. The van der Waals surface area contributed by atoms with Crippen LogP contribution in [0.3, 0.4) is 0 Å². The molecule has 1 aliphatic rings. The lowest BCUT2D eigenvalue weighted by atomic mass is 9.92. The lowest BCUT2D eigenvalue weighted by Crippen LogP contribution is -2.44. The second kappa shape index (κ2) is 8.57. The largest absolute Gasteiger partial charge is 0.921 e. The highest BCUT2D eigenvalue weighted by Crippen LogP contribution is 2.28. The number of nitrogens with zero attached hydrogens (tertiary/aromatic N) is 1. The molecule has 1 heterocycles. The van der Waals surface area contributed by atoms with Gasteiger partial charge in [-0.25, -0.2) is 4.49 Å². The molecule has 4 heteroatoms. The Bertz CT molecular complexity index is 1460. The van der Waals surface area contributed by atoms with Crippen LogP contribution in [-0.2, 0) is 4.65 Å². The molecule has 1 unspecified atom stereocenters. The average molecular weight is 428 g/mol. The van der Waals surface area contributed by atoms with E-state index in [-0.39, 0.29) is 5.92 Å². The van der Waals surface area contributed by atoms with Gasteiger partial charge in [0.05, 0.1) is 12.5 Å². The van der Waals surface area contributed by atoms with Gasteiger partial charge in [-0.2, -0.15) is 0 Å². The van der Waals surface area contributed by atoms with Crippen molar-refractivity contribution in [3.63, 3.8) is 0 Å². The molecule has 0 radical (unpaired) electrons. The first-order chi connectivity index (χ1) is 16.3. The molecule has 1 atom stereocenters. The number of hydrogen-bond donors (Lipinski definition) is 0. The molecule has 0 fully saturated rings. The summed E-state index contributed by atoms with van der Waals surface area (Å²) in [5.74, 6) is 0.905. The third kappa shape index (κ3) is 4.01. The summed E-state index contributed by atoms with van der Waals surface area (Å²) in [6.45, 7) is 0.555. The van der Waals surface area contributed by atoms with Gasteiger partial charge < -0.3 is 9.31 Å². The van der Waals surface area contributed by atoms with Crippen molar-refractivity contribution in [2.75, 3.05) is 6.61 Å². The highest BCUT2D eigenvalue weighted by Gasteiger charge is 2.46. The fraction of sp³-hybridized carbons (Fsp3) is 0.0690. The maximum absolute atomic E-state index is 6.31. The first-order valence-electron chi connectivity index (χ1n) is 11.3. The van der Waals surface area contributed by atoms with Crippen molar-refractivity contribution in [2.45, 2.75) is 5.92 Å². The minimum Gasteiger partial charge on any atom is -0.474 e. The van der Waals surface area contributed by atoms with Crippen LogP contribution in [0.2, 0.25) is 0 Å². The Morgan fingerprint density at radius 2 is 1.30 bits per heavy atom. The topological polar surface area (TPSA) is 21.5 Å². The second-order valence-corrected chi connectivity index (χ2v) is 8.37. The molecule has 0 bridgehead atoms. The predicted octanol–water partition coefficient (Wildman–Crippen LogP) is 6.59. The Kier molecular flexibility index (Phi) is 5.13. The zero-order valence-electron chi connectivity index (χ0n) is 18.2. The molecule has 1 aliphatic heterocycles. The lowest BCUT2D eigenvalue weighted by molar-refractivity contribution is -0.330. The molecular formula is C29H23BNO2+. The molecule has 158 valence electrons. The van der Waals surface area contributed by atoms with Crippen LogP contribution in [0.15, 0.2) is 115 Å². The quantitative estimate of drug-likeness (QED) is 0.302. The number of fused-ring (bicyclic) bond motifs is 2. The van der Waals surface area contributed by atoms with Gasteiger partial charge in [0.1, 0.15) is 12.0 Å². The van der Waals surface area contributed by atoms with Crippen molar-refractivity contribution >= 4 is 40.7 Å². The first-order valence-corrected chi connectivity index (χ1v) is 11.3. The first kappa shape index (κ1) is 19.8. The molecule has 0 spiro atoms. The van der Waals surface area contributed by atoms with Crippen molar-refractivity contribution in [3.8, 4) is 5.75 Å². The maximum Gasteiger partial charge on any atom is 0.921 e. The third-order valence-corrected chi connectivity index (χ3v) is 6.20. The van der Waals surface area contributed by atoms with Gasteiger partial charge >= 0.3 is 7.25 Å². The van der Waals surface area contributed by atoms with Crippen LogP contribution >= 0.6 is 0 Å². The van der Waals surface area contributed by atoms with E-state index in [1.807, 2.05) is 30.3 Å². The summed E-state index contributed by atoms with van der Waals surface area (Å²) in [6, 6.07) is 39.8. The van der Waals surface area contributed by atoms with Crippen LogP contribution < -0.4 is 4.65 Å². The third-order valence-electron chi connectivity index (χ3n) is 6.20. The Hall–Kier alpha value is -3.89. The van der Waals surface area contributed by atoms with Crippen LogP contribution in [0, 0.1) is 0 Å². The highest BCUT2D eigenvalue weighted by atomic mass is 16.6. The van der Waals surface area contributed by atoms with Crippen LogP contribution in [0.4, 0.5) is 5.69 Å². The molecular weight excluding hydrogens is 405 g/mol. The van der Waals surface area contributed by atoms with Crippen LogP contribution in [0.1, 0.15) is 11.5 Å². The zero-order valence-corrected chi connectivity index (χ0v) is 18.2. The van der Waals surface area contributed by atoms with Crippen molar-refractivity contribution < 1.29 is 13.8 Å². The molecule has 3 nitrogen and oxygen atoms in total. The molecule has 5 aromatic rings. The second-order valence-electron chi connectivity index (χ2n) is 8.37. The Balaban J connectivity index is 1.42. The van der Waals surface area contributed by atoms with E-state index in [9.17, 15) is 0 Å². The van der Waals surface area contributed by atoms with E-state index in [2.05, 4.69) is 95.6 Å². The average Bonchev–Trinajstić information content (AvgIpc) is 2.89. The van der Waals surface area contributed by atoms with Crippen LogP contribution in [-0.4, -0.2) is 24.6 Å². The van der Waals surface area contributed by atoms with E-state index < -0.39 is 7.25 Å². The molecule has 0 saturated carbocycles. The predicted molar refractivity (Wildman–Crippen MR) is 135 cm³/mol. The fourth-order valence-electron chi connectivity index (χ4n) is 4.45. The van der Waals surface area contributed by atoms with Crippen molar-refractivity contribution in [3.05, 3.63) is 121 Å². The Morgan fingerprint density at radius 1 is 0.667 bits per heavy atom. The summed E-state index contributed by atoms with van der Waals surface area (Å²) in [7, 11) is -0.537. The maximum atomic E-state index is 6.31. The molecule has 0 aromatic heterocycles. The van der Waals surface area contributed by atoms with E-state index in [1.165, 1.54) is 27.1 Å². The van der Waals surface area contributed by atoms with Crippen molar-refractivity contribution in [1.29, 1.82) is 0 Å². The molecule has 6 rings (SSSR count). The summed E-state index contributed by atoms with van der Waals surface area (Å²) >= 11 is 0. The van der Waals surface area contributed by atoms with E-state index in [0.717, 1.165) is 11.4 Å². The molecule has 0 aliphatic carbocycles. The van der Waals surface area contributed by atoms with Gasteiger partial charge in [0, 0.05) is 12.1 Å². The number of benzene rings is 5. The molecule has 0 amide bonds. The van der Waals surface area contributed by atoms with E-state index in [1.54, 1.807) is 0 Å². The van der Waals surface area contributed by atoms with Gasteiger partial charge in [0.2, 0.25) is 0 Å². The summed E-state index contributed by atoms with van der Waals surface area (Å²) in [5.41, 5.74) is 2.28. The Morgan fingerprint density at radius 3 is 2.06 bits per heavy atom. The highest BCUT2D eigenvalue weighted by molar-refractivity contribution is 6.37. The summed E-state index contributed by atoms with van der Waals surface area (Å²) in [5, 5.41) is 4.89. The SMILES string of the molecule is C1=[N+](c2ccc3ccccc3c2)B(Oc2ccccc2)OCC1c1ccc2ccccc2c1. The van der Waals surface area contributed by atoms with Gasteiger partial charge in [-0.3, -0.25) is 0 Å². The van der Waals surface area contributed by atoms with Gasteiger partial charge in [0.15, 0.2) is 5.69 Å². The Labute approximate surface area is 193 Å². The van der Waals surface area contributed by atoms with E-state index in [4.69, 9.17) is 9.31 Å². The molecule has 33 heavy (non-hydrogen) atoms. The number of para-hydroxylation sites is 1. The molecule has 0 saturated heterocycles. The van der Waals surface area contributed by atoms with Crippen LogP contribution in [0.25, 0.3) is 21.5 Å². The fourth-order valence-corrected chi connectivity index (χ4v) is 4.45. The molecule has 5 aromatic carbocycles. The van der Waals surface area contributed by atoms with Gasteiger partial charge in [-0.15, -0.1) is 0 Å². The van der Waals surface area contributed by atoms with E-state index >= 15 is 0 Å². The summed E-state index contributed by atoms with van der Waals surface area (Å²) in [4.78, 5) is 0. The summed E-state index contributed by atoms with van der Waals surface area (Å²) in [6.07, 6.45) is 2.24. The minimum atomic E-state index is -0.537. The number of rotatable bonds is 4. The van der Waals surface area contributed by atoms with Crippen LogP contribution in [0.5, 0.6) is 5.75 Å². The van der Waals surface area contributed by atoms with E-state index in [0.29, 0.717) is 6.61 Å². The minimum absolute atomic E-state index is 0.122. The standard InChI is InChI=1S/C29H23BNO2/c1-2-12-29(13-3-1)33-30-31(28-17-16-23-9-5-7-11-25(23)19-28)20-27(21-32-30)26-15-14-22-8-4-6-10-24(22)18-26/h1-20,27H,21H2/q+1. The molecule has 0 N–H and O–H groups in total. The van der Waals surface area contributed by atoms with Gasteiger partial charge in [-0.1, -0.05) is 84.9 Å². The van der Waals surface area contributed by atoms with Gasteiger partial charge in [0.25, 0.3) is 0 Å². The van der Waals surface area contributed by atoms with Gasteiger partial charge in [-0.05, 0) is 45.3 Å². The van der Waals surface area contributed by atoms with Crippen molar-refractivity contribution in [2.24, 2.45) is 0 Å². The number of hydrogen-bond acceptors (Lipinski definition) is 2. The smallest absolute Gasteiger partial charge is 0.474 e. The lowest BCUT2D eigenvalue weighted by Gasteiger charge is -2.21. The monoisotopic (exact) mass is 428 g/mol. The van der Waals surface area contributed by atoms with Crippen molar-refractivity contribution in [1.82, 2.24) is 0 Å². The summed E-state index contributed by atoms with van der Waals surface area (Å²) < 4.78 is 14.7.